The average Bonchev–Trinajstić information content (AvgIpc) is 2.12. The van der Waals surface area contributed by atoms with Gasteiger partial charge in [0.2, 0.25) is 5.91 Å². The summed E-state index contributed by atoms with van der Waals surface area (Å²) in [4.78, 5) is 11.2. The van der Waals surface area contributed by atoms with E-state index >= 15 is 0 Å². The molecule has 0 bridgehead atoms. The lowest BCUT2D eigenvalue weighted by molar-refractivity contribution is -0.124. The molecule has 12 heavy (non-hydrogen) atoms. The molecule has 1 unspecified atom stereocenters. The van der Waals surface area contributed by atoms with Crippen LogP contribution < -0.4 is 5.32 Å². The van der Waals surface area contributed by atoms with E-state index in [1.807, 2.05) is 0 Å². The molecule has 2 nitrogen and oxygen atoms in total. The zero-order chi connectivity index (χ0) is 8.55. The lowest BCUT2D eigenvalue weighted by Gasteiger charge is -2.38. The Labute approximate surface area is 77.7 Å². The number of fused-ring (bicyclic) bond motifs is 1. The molecule has 1 N–H and O–H groups in total. The van der Waals surface area contributed by atoms with Gasteiger partial charge in [-0.15, -0.1) is 11.6 Å². The summed E-state index contributed by atoms with van der Waals surface area (Å²) >= 11 is 6.03. The van der Waals surface area contributed by atoms with Crippen molar-refractivity contribution in [1.82, 2.24) is 5.32 Å². The smallest absolute Gasteiger partial charge is 0.238 e. The summed E-state index contributed by atoms with van der Waals surface area (Å²) in [5.41, 5.74) is 0. The van der Waals surface area contributed by atoms with E-state index in [1.54, 1.807) is 0 Å². The molecule has 0 radical (unpaired) electrons. The average molecular weight is 188 g/mol. The van der Waals surface area contributed by atoms with E-state index in [0.717, 1.165) is 13.0 Å². The van der Waals surface area contributed by atoms with Crippen molar-refractivity contribution in [2.45, 2.75) is 31.1 Å². The first-order valence-electron chi connectivity index (χ1n) is 4.71. The van der Waals surface area contributed by atoms with Crippen molar-refractivity contribution in [3.8, 4) is 0 Å². The number of nitrogens with one attached hydrogen (secondary N) is 1. The molecule has 1 aliphatic carbocycles. The van der Waals surface area contributed by atoms with Gasteiger partial charge in [-0.05, 0) is 24.7 Å². The van der Waals surface area contributed by atoms with Gasteiger partial charge in [0.15, 0.2) is 0 Å². The molecule has 2 aliphatic rings. The second-order valence-electron chi connectivity index (χ2n) is 3.86. The second kappa shape index (κ2) is 3.25. The van der Waals surface area contributed by atoms with Crippen LogP contribution in [0.15, 0.2) is 0 Å². The molecular formula is C9H14ClNO. The highest BCUT2D eigenvalue weighted by Crippen LogP contribution is 2.36. The van der Waals surface area contributed by atoms with Gasteiger partial charge in [0.25, 0.3) is 0 Å². The van der Waals surface area contributed by atoms with Crippen molar-refractivity contribution in [3.05, 3.63) is 0 Å². The fraction of sp³-hybridized carbons (Fsp3) is 0.889. The lowest BCUT2D eigenvalue weighted by Crippen LogP contribution is -2.49. The number of rotatable bonds is 0. The summed E-state index contributed by atoms with van der Waals surface area (Å²) in [6.45, 7) is 0.854. The lowest BCUT2D eigenvalue weighted by atomic mass is 9.75. The molecule has 2 rings (SSSR count). The maximum Gasteiger partial charge on any atom is 0.238 e. The number of hydrogen-bond acceptors (Lipinski definition) is 1. The maximum absolute atomic E-state index is 11.2. The molecule has 2 fully saturated rings. The van der Waals surface area contributed by atoms with Gasteiger partial charge in [-0.1, -0.05) is 12.8 Å². The van der Waals surface area contributed by atoms with Crippen molar-refractivity contribution < 1.29 is 4.79 Å². The summed E-state index contributed by atoms with van der Waals surface area (Å²) in [5.74, 6) is 1.15. The number of piperidine rings is 1. The van der Waals surface area contributed by atoms with E-state index in [9.17, 15) is 4.79 Å². The van der Waals surface area contributed by atoms with Crippen LogP contribution in [-0.4, -0.2) is 17.8 Å². The van der Waals surface area contributed by atoms with Crippen molar-refractivity contribution in [2.75, 3.05) is 6.54 Å². The van der Waals surface area contributed by atoms with Crippen LogP contribution in [0.3, 0.4) is 0 Å². The maximum atomic E-state index is 11.2. The van der Waals surface area contributed by atoms with E-state index in [1.165, 1.54) is 19.3 Å². The SMILES string of the molecule is O=C1NCC2CCCC[C@@H]2[C@H]1Cl. The molecule has 1 aliphatic heterocycles. The van der Waals surface area contributed by atoms with Crippen molar-refractivity contribution in [3.63, 3.8) is 0 Å². The van der Waals surface area contributed by atoms with Crippen molar-refractivity contribution >= 4 is 17.5 Å². The largest absolute Gasteiger partial charge is 0.355 e. The highest BCUT2D eigenvalue weighted by Gasteiger charge is 2.38. The summed E-state index contributed by atoms with van der Waals surface area (Å²) in [6, 6.07) is 0. The van der Waals surface area contributed by atoms with Gasteiger partial charge in [0, 0.05) is 6.54 Å². The number of carbonyl (C=O) groups is 1. The Bertz CT molecular complexity index is 195. The summed E-state index contributed by atoms with van der Waals surface area (Å²) in [7, 11) is 0. The zero-order valence-electron chi connectivity index (χ0n) is 7.05. The monoisotopic (exact) mass is 187 g/mol. The Balaban J connectivity index is 2.08. The molecule has 0 aromatic carbocycles. The summed E-state index contributed by atoms with van der Waals surface area (Å²) in [5, 5.41) is 2.60. The normalized spacial score (nSPS) is 41.8. The minimum Gasteiger partial charge on any atom is -0.355 e. The van der Waals surface area contributed by atoms with Gasteiger partial charge < -0.3 is 5.32 Å². The minimum atomic E-state index is -0.260. The van der Waals surface area contributed by atoms with Crippen LogP contribution in [0.4, 0.5) is 0 Å². The number of hydrogen-bond donors (Lipinski definition) is 1. The molecule has 0 aromatic heterocycles. The van der Waals surface area contributed by atoms with E-state index in [4.69, 9.17) is 11.6 Å². The quantitative estimate of drug-likeness (QED) is 0.573. The molecular weight excluding hydrogens is 174 g/mol. The fourth-order valence-corrected chi connectivity index (χ4v) is 2.81. The van der Waals surface area contributed by atoms with Crippen LogP contribution in [0.5, 0.6) is 0 Å². The molecule has 0 spiro atoms. The summed E-state index contributed by atoms with van der Waals surface area (Å²) < 4.78 is 0. The van der Waals surface area contributed by atoms with E-state index in [2.05, 4.69) is 5.32 Å². The predicted octanol–water partition coefficient (Wildman–Crippen LogP) is 1.53. The van der Waals surface area contributed by atoms with Crippen molar-refractivity contribution in [2.24, 2.45) is 11.8 Å². The predicted molar refractivity (Wildman–Crippen MR) is 48.1 cm³/mol. The highest BCUT2D eigenvalue weighted by atomic mass is 35.5. The first kappa shape index (κ1) is 8.36. The van der Waals surface area contributed by atoms with Crippen LogP contribution in [0, 0.1) is 11.8 Å². The van der Waals surface area contributed by atoms with E-state index < -0.39 is 0 Å². The number of amides is 1. The van der Waals surface area contributed by atoms with Gasteiger partial charge >= 0.3 is 0 Å². The molecule has 68 valence electrons. The van der Waals surface area contributed by atoms with Crippen molar-refractivity contribution in [1.29, 1.82) is 0 Å². The van der Waals surface area contributed by atoms with Crippen LogP contribution in [-0.2, 0) is 4.79 Å². The number of carbonyl (C=O) groups excluding carboxylic acids is 1. The third-order valence-corrected chi connectivity index (χ3v) is 3.65. The Kier molecular flexibility index (Phi) is 2.26. The van der Waals surface area contributed by atoms with Crippen LogP contribution in [0.25, 0.3) is 0 Å². The van der Waals surface area contributed by atoms with Gasteiger partial charge in [-0.3, -0.25) is 4.79 Å². The molecule has 1 heterocycles. The Morgan fingerprint density at radius 2 is 2.08 bits per heavy atom. The minimum absolute atomic E-state index is 0.0415. The third kappa shape index (κ3) is 1.33. The van der Waals surface area contributed by atoms with Crippen LogP contribution in [0.2, 0.25) is 0 Å². The topological polar surface area (TPSA) is 29.1 Å². The van der Waals surface area contributed by atoms with Crippen LogP contribution in [0.1, 0.15) is 25.7 Å². The first-order chi connectivity index (χ1) is 5.79. The number of alkyl halides is 1. The molecule has 1 amide bonds. The Hall–Kier alpha value is -0.240. The highest BCUT2D eigenvalue weighted by molar-refractivity contribution is 6.31. The molecule has 3 atom stereocenters. The fourth-order valence-electron chi connectivity index (χ4n) is 2.40. The van der Waals surface area contributed by atoms with Crippen LogP contribution >= 0.6 is 11.6 Å². The van der Waals surface area contributed by atoms with E-state index in [-0.39, 0.29) is 11.3 Å². The third-order valence-electron chi connectivity index (χ3n) is 3.13. The van der Waals surface area contributed by atoms with Gasteiger partial charge in [-0.25, -0.2) is 0 Å². The number of halogens is 1. The van der Waals surface area contributed by atoms with Gasteiger partial charge in [0.05, 0.1) is 0 Å². The first-order valence-corrected chi connectivity index (χ1v) is 5.14. The van der Waals surface area contributed by atoms with E-state index in [0.29, 0.717) is 11.8 Å². The zero-order valence-corrected chi connectivity index (χ0v) is 7.81. The Morgan fingerprint density at radius 1 is 1.33 bits per heavy atom. The molecule has 1 saturated heterocycles. The second-order valence-corrected chi connectivity index (χ2v) is 4.33. The summed E-state index contributed by atoms with van der Waals surface area (Å²) in [6.07, 6.45) is 4.94. The Morgan fingerprint density at radius 3 is 2.92 bits per heavy atom. The van der Waals surface area contributed by atoms with Gasteiger partial charge in [-0.2, -0.15) is 0 Å². The standard InChI is InChI=1S/C9H14ClNO/c10-8-7-4-2-1-3-6(7)5-11-9(8)12/h6-8H,1-5H2,(H,11,12)/t6?,7-,8+/m0/s1. The molecule has 3 heteroatoms. The van der Waals surface area contributed by atoms with Gasteiger partial charge in [0.1, 0.15) is 5.38 Å². The molecule has 1 saturated carbocycles. The molecule has 0 aromatic rings.